The minimum absolute atomic E-state index is 0.131. The fourth-order valence-corrected chi connectivity index (χ4v) is 3.23. The Morgan fingerprint density at radius 2 is 2.00 bits per heavy atom. The van der Waals surface area contributed by atoms with E-state index >= 15 is 0 Å². The van der Waals surface area contributed by atoms with E-state index in [4.69, 9.17) is 0 Å². The van der Waals surface area contributed by atoms with E-state index in [0.29, 0.717) is 5.41 Å². The molecule has 2 rings (SSSR count). The number of hydrogen-bond acceptors (Lipinski definition) is 0. The van der Waals surface area contributed by atoms with Crippen molar-refractivity contribution in [2.24, 2.45) is 22.7 Å². The molecule has 0 aromatic carbocycles. The zero-order chi connectivity index (χ0) is 8.28. The summed E-state index contributed by atoms with van der Waals surface area (Å²) >= 11 is 0. The van der Waals surface area contributed by atoms with Crippen LogP contribution in [0.5, 0.6) is 0 Å². The van der Waals surface area contributed by atoms with Crippen LogP contribution in [0.15, 0.2) is 0 Å². The molecule has 0 aliphatic heterocycles. The van der Waals surface area contributed by atoms with E-state index < -0.39 is 0 Å². The number of rotatable bonds is 0. The van der Waals surface area contributed by atoms with Gasteiger partial charge >= 0.3 is 0 Å². The Bertz CT molecular complexity index is 180. The molecule has 2 fully saturated rings. The van der Waals surface area contributed by atoms with E-state index in [-0.39, 0.29) is 5.41 Å². The van der Waals surface area contributed by atoms with Gasteiger partial charge in [0.25, 0.3) is 0 Å². The topological polar surface area (TPSA) is 0 Å². The molecule has 0 aromatic rings. The molecular weight excluding hydrogens is 132 g/mol. The highest BCUT2D eigenvalue weighted by Gasteiger charge is 2.59. The van der Waals surface area contributed by atoms with E-state index in [1.54, 1.807) is 0 Å². The number of hydrogen-bond donors (Lipinski definition) is 0. The van der Waals surface area contributed by atoms with E-state index in [9.17, 15) is 0 Å². The highest BCUT2D eigenvalue weighted by Crippen LogP contribution is 2.67. The summed E-state index contributed by atoms with van der Waals surface area (Å²) in [5.41, 5.74) is 0.573. The van der Waals surface area contributed by atoms with Crippen LogP contribution >= 0.6 is 0 Å². The molecule has 0 heterocycles. The lowest BCUT2D eigenvalue weighted by atomic mass is 9.67. The van der Waals surface area contributed by atoms with E-state index in [1.165, 1.54) is 19.3 Å². The molecule has 2 saturated carbocycles. The summed E-state index contributed by atoms with van der Waals surface area (Å²) in [6.45, 7) is 13.4. The molecule has 0 nitrogen and oxygen atoms in total. The largest absolute Gasteiger partial charge is 0.0620 e. The van der Waals surface area contributed by atoms with Gasteiger partial charge in [-0.1, -0.05) is 13.8 Å². The lowest BCUT2D eigenvalue weighted by Gasteiger charge is -2.37. The van der Waals surface area contributed by atoms with Crippen LogP contribution in [0.25, 0.3) is 0 Å². The van der Waals surface area contributed by atoms with Crippen molar-refractivity contribution in [1.29, 1.82) is 0 Å². The predicted molar refractivity (Wildman–Crippen MR) is 47.8 cm³/mol. The lowest BCUT2D eigenvalue weighted by molar-refractivity contribution is 0.157. The fraction of sp³-hybridized carbons (Fsp3) is 0.818. The molecule has 0 aromatic heterocycles. The molecule has 2 aliphatic rings. The van der Waals surface area contributed by atoms with Crippen LogP contribution in [0.1, 0.15) is 33.1 Å². The molecule has 11 heavy (non-hydrogen) atoms. The summed E-state index contributed by atoms with van der Waals surface area (Å²) in [7, 11) is 0. The standard InChI is InChI=1S/C11H18/c1-8-7-9-5-6-11(8,4)10(9,2)3/h8-9H,2-3,5-7H2,1,4H3. The first-order valence-electron chi connectivity index (χ1n) is 4.69. The van der Waals surface area contributed by atoms with Gasteiger partial charge in [-0.15, -0.1) is 0 Å². The third kappa shape index (κ3) is 0.666. The first-order valence-corrected chi connectivity index (χ1v) is 4.69. The normalized spacial score (nSPS) is 53.5. The Morgan fingerprint density at radius 3 is 2.18 bits per heavy atom. The minimum atomic E-state index is 0.131. The van der Waals surface area contributed by atoms with Gasteiger partial charge in [-0.2, -0.15) is 0 Å². The third-order valence-electron chi connectivity index (χ3n) is 4.66. The zero-order valence-corrected chi connectivity index (χ0v) is 7.69. The minimum Gasteiger partial charge on any atom is -0.0620 e. The summed E-state index contributed by atoms with van der Waals surface area (Å²) in [5.74, 6) is 1.65. The van der Waals surface area contributed by atoms with Gasteiger partial charge in [0.15, 0.2) is 0 Å². The van der Waals surface area contributed by atoms with Crippen molar-refractivity contribution >= 4 is 0 Å². The third-order valence-corrected chi connectivity index (χ3v) is 4.66. The second-order valence-corrected chi connectivity index (χ2v) is 4.95. The zero-order valence-electron chi connectivity index (χ0n) is 7.69. The molecule has 0 saturated heterocycles. The van der Waals surface area contributed by atoms with Gasteiger partial charge in [0.05, 0.1) is 0 Å². The smallest absolute Gasteiger partial charge is 0.0212 e. The van der Waals surface area contributed by atoms with Crippen LogP contribution in [0.2, 0.25) is 0 Å². The molecule has 0 N–H and O–H groups in total. The van der Waals surface area contributed by atoms with Crippen molar-refractivity contribution in [1.82, 2.24) is 0 Å². The Hall–Kier alpha value is 0. The highest BCUT2D eigenvalue weighted by atomic mass is 14.6. The van der Waals surface area contributed by atoms with Gasteiger partial charge < -0.3 is 0 Å². The summed E-state index contributed by atoms with van der Waals surface area (Å²) in [4.78, 5) is 0. The maximum absolute atomic E-state index is 4.31. The quantitative estimate of drug-likeness (QED) is 0.498. The van der Waals surface area contributed by atoms with Crippen LogP contribution < -0.4 is 0 Å². The van der Waals surface area contributed by atoms with E-state index in [0.717, 1.165) is 11.8 Å². The average Bonchev–Trinajstić information content (AvgIpc) is 2.20. The SMILES string of the molecule is [CH2]C1([CH2])C2CCC1(C)C(C)C2. The van der Waals surface area contributed by atoms with Crippen molar-refractivity contribution in [3.05, 3.63) is 13.8 Å². The van der Waals surface area contributed by atoms with Gasteiger partial charge in [0.1, 0.15) is 0 Å². The predicted octanol–water partition coefficient (Wildman–Crippen LogP) is 3.10. The Labute approximate surface area is 70.4 Å². The lowest BCUT2D eigenvalue weighted by Crippen LogP contribution is -2.31. The Balaban J connectivity index is 2.40. The molecule has 3 unspecified atom stereocenters. The van der Waals surface area contributed by atoms with E-state index in [1.807, 2.05) is 0 Å². The van der Waals surface area contributed by atoms with Gasteiger partial charge in [-0.05, 0) is 55.8 Å². The maximum atomic E-state index is 4.31. The van der Waals surface area contributed by atoms with Crippen molar-refractivity contribution in [2.75, 3.05) is 0 Å². The van der Waals surface area contributed by atoms with Crippen LogP contribution in [0.4, 0.5) is 0 Å². The highest BCUT2D eigenvalue weighted by molar-refractivity contribution is 5.15. The number of fused-ring (bicyclic) bond motifs is 2. The van der Waals surface area contributed by atoms with Gasteiger partial charge in [0.2, 0.25) is 0 Å². The molecule has 0 spiro atoms. The van der Waals surface area contributed by atoms with Crippen molar-refractivity contribution in [3.8, 4) is 0 Å². The van der Waals surface area contributed by atoms with Crippen molar-refractivity contribution in [3.63, 3.8) is 0 Å². The molecule has 2 bridgehead atoms. The second-order valence-electron chi connectivity index (χ2n) is 4.95. The average molecular weight is 150 g/mol. The Morgan fingerprint density at radius 1 is 1.36 bits per heavy atom. The summed E-state index contributed by atoms with van der Waals surface area (Å²) in [6.07, 6.45) is 4.09. The molecule has 0 heteroatoms. The van der Waals surface area contributed by atoms with Crippen molar-refractivity contribution < 1.29 is 0 Å². The molecule has 2 radical (unpaired) electrons. The van der Waals surface area contributed by atoms with Gasteiger partial charge in [-0.25, -0.2) is 0 Å². The van der Waals surface area contributed by atoms with Crippen LogP contribution in [0.3, 0.4) is 0 Å². The van der Waals surface area contributed by atoms with Gasteiger partial charge in [0, 0.05) is 0 Å². The van der Waals surface area contributed by atoms with Gasteiger partial charge in [-0.3, -0.25) is 0 Å². The summed E-state index contributed by atoms with van der Waals surface area (Å²) < 4.78 is 0. The van der Waals surface area contributed by atoms with Crippen molar-refractivity contribution in [2.45, 2.75) is 33.1 Å². The molecule has 62 valence electrons. The molecule has 3 atom stereocenters. The first kappa shape index (κ1) is 7.64. The van der Waals surface area contributed by atoms with Crippen LogP contribution in [-0.2, 0) is 0 Å². The first-order chi connectivity index (χ1) is 4.98. The van der Waals surface area contributed by atoms with Crippen LogP contribution in [-0.4, -0.2) is 0 Å². The molecule has 2 aliphatic carbocycles. The van der Waals surface area contributed by atoms with E-state index in [2.05, 4.69) is 27.7 Å². The second kappa shape index (κ2) is 1.84. The summed E-state index contributed by atoms with van der Waals surface area (Å²) in [5, 5.41) is 0. The maximum Gasteiger partial charge on any atom is -0.0212 e. The molecular formula is C11H18. The van der Waals surface area contributed by atoms with Crippen LogP contribution in [0, 0.1) is 36.5 Å². The summed E-state index contributed by atoms with van der Waals surface area (Å²) in [6, 6.07) is 0. The fourth-order valence-electron chi connectivity index (χ4n) is 3.23. The molecule has 0 amide bonds. The Kier molecular flexibility index (Phi) is 1.28. The monoisotopic (exact) mass is 150 g/mol.